The molecule has 0 bridgehead atoms. The molecule has 0 aliphatic carbocycles. The molecule has 1 N–H and O–H groups in total. The van der Waals surface area contributed by atoms with Crippen LogP contribution >= 0.6 is 0 Å². The van der Waals surface area contributed by atoms with E-state index in [0.717, 1.165) is 49.2 Å². The van der Waals surface area contributed by atoms with Gasteiger partial charge in [-0.25, -0.2) is 0 Å². The monoisotopic (exact) mass is 274 g/mol. The normalized spacial score (nSPS) is 16.4. The van der Waals surface area contributed by atoms with E-state index in [0.29, 0.717) is 6.04 Å². The van der Waals surface area contributed by atoms with Crippen LogP contribution in [0.5, 0.6) is 0 Å². The van der Waals surface area contributed by atoms with Crippen molar-refractivity contribution in [2.75, 3.05) is 19.6 Å². The largest absolute Gasteiger partial charge is 0.339 e. The number of nitrogens with one attached hydrogen (secondary N) is 1. The lowest BCUT2D eigenvalue weighted by atomic mass is 9.99. The summed E-state index contributed by atoms with van der Waals surface area (Å²) < 4.78 is 0. The number of carbonyl (C=O) groups excluding carboxylic acids is 1. The zero-order valence-corrected chi connectivity index (χ0v) is 12.9. The second-order valence-corrected chi connectivity index (χ2v) is 5.79. The molecular formula is C17H26N2O. The van der Waals surface area contributed by atoms with E-state index in [9.17, 15) is 4.79 Å². The van der Waals surface area contributed by atoms with Crippen LogP contribution in [0.25, 0.3) is 0 Å². The van der Waals surface area contributed by atoms with Crippen LogP contribution in [-0.2, 0) is 0 Å². The van der Waals surface area contributed by atoms with Crippen LogP contribution < -0.4 is 5.32 Å². The maximum absolute atomic E-state index is 12.7. The van der Waals surface area contributed by atoms with Crippen molar-refractivity contribution in [1.82, 2.24) is 10.2 Å². The van der Waals surface area contributed by atoms with Gasteiger partial charge in [0.05, 0.1) is 0 Å². The van der Waals surface area contributed by atoms with E-state index in [2.05, 4.69) is 12.2 Å². The van der Waals surface area contributed by atoms with Crippen LogP contribution in [0, 0.1) is 13.8 Å². The van der Waals surface area contributed by atoms with Crippen molar-refractivity contribution in [3.8, 4) is 0 Å². The fourth-order valence-electron chi connectivity index (χ4n) is 2.95. The summed E-state index contributed by atoms with van der Waals surface area (Å²) in [7, 11) is 0. The molecule has 3 nitrogen and oxygen atoms in total. The number of nitrogens with zero attached hydrogens (tertiary/aromatic N) is 1. The van der Waals surface area contributed by atoms with Crippen molar-refractivity contribution in [2.45, 2.75) is 46.1 Å². The zero-order chi connectivity index (χ0) is 14.5. The van der Waals surface area contributed by atoms with Crippen molar-refractivity contribution in [3.05, 3.63) is 34.9 Å². The number of hydrogen-bond acceptors (Lipinski definition) is 2. The Morgan fingerprint density at radius 1 is 1.25 bits per heavy atom. The fraction of sp³-hybridized carbons (Fsp3) is 0.588. The van der Waals surface area contributed by atoms with Crippen molar-refractivity contribution in [3.63, 3.8) is 0 Å². The summed E-state index contributed by atoms with van der Waals surface area (Å²) >= 11 is 0. The van der Waals surface area contributed by atoms with E-state index in [4.69, 9.17) is 0 Å². The second kappa shape index (κ2) is 6.89. The van der Waals surface area contributed by atoms with Gasteiger partial charge in [0, 0.05) is 24.7 Å². The fourth-order valence-corrected chi connectivity index (χ4v) is 2.95. The summed E-state index contributed by atoms with van der Waals surface area (Å²) in [5.41, 5.74) is 3.06. The molecule has 3 heteroatoms. The Balaban J connectivity index is 1.98. The number of aryl methyl sites for hydroxylation is 2. The molecular weight excluding hydrogens is 248 g/mol. The molecule has 1 heterocycles. The molecule has 20 heavy (non-hydrogen) atoms. The number of piperidine rings is 1. The minimum atomic E-state index is 0.203. The molecule has 1 aliphatic heterocycles. The minimum Gasteiger partial charge on any atom is -0.339 e. The smallest absolute Gasteiger partial charge is 0.254 e. The number of amides is 1. The average Bonchev–Trinajstić information content (AvgIpc) is 2.45. The molecule has 1 fully saturated rings. The van der Waals surface area contributed by atoms with E-state index >= 15 is 0 Å². The third-order valence-corrected chi connectivity index (χ3v) is 4.16. The van der Waals surface area contributed by atoms with Gasteiger partial charge in [0.25, 0.3) is 5.91 Å². The number of rotatable bonds is 4. The first kappa shape index (κ1) is 15.0. The predicted octanol–water partition coefficient (Wildman–Crippen LogP) is 2.91. The highest BCUT2D eigenvalue weighted by atomic mass is 16.2. The lowest BCUT2D eigenvalue weighted by Gasteiger charge is -2.33. The first-order valence-corrected chi connectivity index (χ1v) is 7.72. The van der Waals surface area contributed by atoms with Crippen molar-refractivity contribution < 1.29 is 4.79 Å². The summed E-state index contributed by atoms with van der Waals surface area (Å²) in [6.45, 7) is 9.05. The van der Waals surface area contributed by atoms with Gasteiger partial charge >= 0.3 is 0 Å². The number of carbonyl (C=O) groups is 1. The Bertz CT molecular complexity index is 442. The summed E-state index contributed by atoms with van der Waals surface area (Å²) in [6, 6.07) is 6.64. The summed E-state index contributed by atoms with van der Waals surface area (Å²) in [4.78, 5) is 14.7. The molecule has 0 atom stereocenters. The van der Waals surface area contributed by atoms with Gasteiger partial charge in [0.15, 0.2) is 0 Å². The molecule has 1 aliphatic rings. The van der Waals surface area contributed by atoms with Crippen LogP contribution in [0.2, 0.25) is 0 Å². The predicted molar refractivity (Wildman–Crippen MR) is 83.1 cm³/mol. The SMILES string of the molecule is CCCNC1CCN(C(=O)c2c(C)cccc2C)CC1. The van der Waals surface area contributed by atoms with Gasteiger partial charge in [-0.3, -0.25) is 4.79 Å². The number of likely N-dealkylation sites (tertiary alicyclic amines) is 1. The highest BCUT2D eigenvalue weighted by Gasteiger charge is 2.24. The third-order valence-electron chi connectivity index (χ3n) is 4.16. The number of benzene rings is 1. The van der Waals surface area contributed by atoms with E-state index in [-0.39, 0.29) is 5.91 Å². The molecule has 0 aromatic heterocycles. The third kappa shape index (κ3) is 3.40. The minimum absolute atomic E-state index is 0.203. The van der Waals surface area contributed by atoms with Crippen LogP contribution in [-0.4, -0.2) is 36.5 Å². The zero-order valence-electron chi connectivity index (χ0n) is 12.9. The van der Waals surface area contributed by atoms with E-state index in [1.165, 1.54) is 6.42 Å². The Morgan fingerprint density at radius 3 is 2.40 bits per heavy atom. The first-order valence-electron chi connectivity index (χ1n) is 7.72. The molecule has 0 saturated carbocycles. The van der Waals surface area contributed by atoms with Gasteiger partial charge in [-0.15, -0.1) is 0 Å². The van der Waals surface area contributed by atoms with E-state index in [1.807, 2.05) is 36.9 Å². The first-order chi connectivity index (χ1) is 9.63. The molecule has 1 saturated heterocycles. The maximum atomic E-state index is 12.7. The average molecular weight is 274 g/mol. The lowest BCUT2D eigenvalue weighted by molar-refractivity contribution is 0.0704. The van der Waals surface area contributed by atoms with Crippen molar-refractivity contribution in [2.24, 2.45) is 0 Å². The van der Waals surface area contributed by atoms with E-state index < -0.39 is 0 Å². The molecule has 1 aromatic rings. The van der Waals surface area contributed by atoms with Gasteiger partial charge in [-0.1, -0.05) is 25.1 Å². The Hall–Kier alpha value is -1.35. The number of hydrogen-bond donors (Lipinski definition) is 1. The maximum Gasteiger partial charge on any atom is 0.254 e. The molecule has 0 spiro atoms. The highest BCUT2D eigenvalue weighted by Crippen LogP contribution is 2.19. The van der Waals surface area contributed by atoms with Gasteiger partial charge < -0.3 is 10.2 Å². The molecule has 110 valence electrons. The van der Waals surface area contributed by atoms with Gasteiger partial charge in [-0.05, 0) is 50.8 Å². The second-order valence-electron chi connectivity index (χ2n) is 5.79. The molecule has 0 unspecified atom stereocenters. The van der Waals surface area contributed by atoms with Crippen LogP contribution in [0.1, 0.15) is 47.7 Å². The quantitative estimate of drug-likeness (QED) is 0.915. The molecule has 1 amide bonds. The molecule has 1 aromatic carbocycles. The Kier molecular flexibility index (Phi) is 5.18. The van der Waals surface area contributed by atoms with Crippen LogP contribution in [0.3, 0.4) is 0 Å². The summed E-state index contributed by atoms with van der Waals surface area (Å²) in [6.07, 6.45) is 3.30. The molecule has 0 radical (unpaired) electrons. The van der Waals surface area contributed by atoms with Gasteiger partial charge in [-0.2, -0.15) is 0 Å². The highest BCUT2D eigenvalue weighted by molar-refractivity contribution is 5.97. The molecule has 2 rings (SSSR count). The summed E-state index contributed by atoms with van der Waals surface area (Å²) in [5.74, 6) is 0.203. The standard InChI is InChI=1S/C17H26N2O/c1-4-10-18-15-8-11-19(12-9-15)17(20)16-13(2)6-5-7-14(16)3/h5-7,15,18H,4,8-12H2,1-3H3. The van der Waals surface area contributed by atoms with Crippen LogP contribution in [0.4, 0.5) is 0 Å². The lowest BCUT2D eigenvalue weighted by Crippen LogP contribution is -2.45. The summed E-state index contributed by atoms with van der Waals surface area (Å²) in [5, 5.41) is 3.56. The Morgan fingerprint density at radius 2 is 1.85 bits per heavy atom. The van der Waals surface area contributed by atoms with E-state index in [1.54, 1.807) is 0 Å². The van der Waals surface area contributed by atoms with Crippen LogP contribution in [0.15, 0.2) is 18.2 Å². The topological polar surface area (TPSA) is 32.3 Å². The van der Waals surface area contributed by atoms with Crippen molar-refractivity contribution >= 4 is 5.91 Å². The van der Waals surface area contributed by atoms with Crippen molar-refractivity contribution in [1.29, 1.82) is 0 Å². The Labute approximate surface area is 122 Å². The van der Waals surface area contributed by atoms with Gasteiger partial charge in [0.1, 0.15) is 0 Å². The van der Waals surface area contributed by atoms with Gasteiger partial charge in [0.2, 0.25) is 0 Å².